The third-order valence-corrected chi connectivity index (χ3v) is 9.09. The molecule has 2 amide bonds. The fourth-order valence-electron chi connectivity index (χ4n) is 4.33. The van der Waals surface area contributed by atoms with Crippen LogP contribution in [0.2, 0.25) is 0 Å². The molecule has 0 spiro atoms. The number of anilines is 2. The lowest BCUT2D eigenvalue weighted by atomic mass is 10.2. The van der Waals surface area contributed by atoms with Crippen molar-refractivity contribution in [1.82, 2.24) is 4.31 Å². The van der Waals surface area contributed by atoms with Gasteiger partial charge in [-0.15, -0.1) is 11.8 Å². The highest BCUT2D eigenvalue weighted by atomic mass is 32.2. The van der Waals surface area contributed by atoms with E-state index in [0.717, 1.165) is 24.2 Å². The van der Waals surface area contributed by atoms with E-state index in [1.807, 2.05) is 19.9 Å². The average Bonchev–Trinajstić information content (AvgIpc) is 2.95. The van der Waals surface area contributed by atoms with Crippen LogP contribution in [0.15, 0.2) is 52.3 Å². The van der Waals surface area contributed by atoms with Crippen molar-refractivity contribution in [2.75, 3.05) is 36.5 Å². The highest BCUT2D eigenvalue weighted by molar-refractivity contribution is 8.00. The maximum Gasteiger partial charge on any atom is 0.244 e. The number of ether oxygens (including phenoxy) is 1. The Bertz CT molecular complexity index is 1200. The number of carbonyl (C=O) groups excluding carboxylic acids is 2. The van der Waals surface area contributed by atoms with Gasteiger partial charge in [0.05, 0.1) is 22.9 Å². The van der Waals surface area contributed by atoms with Gasteiger partial charge in [0.25, 0.3) is 0 Å². The van der Waals surface area contributed by atoms with Crippen molar-refractivity contribution in [3.05, 3.63) is 42.5 Å². The first-order valence-electron chi connectivity index (χ1n) is 11.9. The normalized spacial score (nSPS) is 19.1. The molecule has 188 valence electrons. The molecule has 2 aliphatic rings. The number of thioether (sulfide) groups is 1. The third-order valence-electron chi connectivity index (χ3n) is 6.03. The van der Waals surface area contributed by atoms with Gasteiger partial charge < -0.3 is 15.0 Å². The molecule has 1 N–H and O–H groups in total. The van der Waals surface area contributed by atoms with Crippen LogP contribution in [0.5, 0.6) is 5.75 Å². The lowest BCUT2D eigenvalue weighted by Gasteiger charge is -2.27. The van der Waals surface area contributed by atoms with Crippen molar-refractivity contribution in [2.24, 2.45) is 0 Å². The number of amides is 2. The monoisotopic (exact) mass is 517 g/mol. The van der Waals surface area contributed by atoms with E-state index < -0.39 is 10.0 Å². The quantitative estimate of drug-likeness (QED) is 0.594. The summed E-state index contributed by atoms with van der Waals surface area (Å²) in [5, 5.41) is 2.83. The van der Waals surface area contributed by atoms with Crippen LogP contribution < -0.4 is 15.0 Å². The number of fused-ring (bicyclic) bond motifs is 1. The molecule has 4 rings (SSSR count). The predicted octanol–water partition coefficient (Wildman–Crippen LogP) is 4.12. The van der Waals surface area contributed by atoms with E-state index in [9.17, 15) is 18.0 Å². The van der Waals surface area contributed by atoms with Gasteiger partial charge in [0.15, 0.2) is 0 Å². The Morgan fingerprint density at radius 1 is 1.14 bits per heavy atom. The molecule has 2 aliphatic heterocycles. The van der Waals surface area contributed by atoms with Gasteiger partial charge in [-0.1, -0.05) is 25.5 Å². The number of para-hydroxylation sites is 2. The highest BCUT2D eigenvalue weighted by Gasteiger charge is 2.32. The zero-order valence-corrected chi connectivity index (χ0v) is 21.7. The number of benzene rings is 2. The van der Waals surface area contributed by atoms with E-state index in [-0.39, 0.29) is 34.9 Å². The summed E-state index contributed by atoms with van der Waals surface area (Å²) in [7, 11) is -3.68. The van der Waals surface area contributed by atoms with Crippen LogP contribution in [0, 0.1) is 0 Å². The Morgan fingerprint density at radius 3 is 2.63 bits per heavy atom. The van der Waals surface area contributed by atoms with Crippen LogP contribution in [-0.4, -0.2) is 56.0 Å². The SMILES string of the molecule is CCOc1ccccc1NC(=O)CN1C(=O)C[C@H](C)Sc2ccc(S(=O)(=O)N3CCCCC3)cc21. The van der Waals surface area contributed by atoms with Crippen molar-refractivity contribution >= 4 is 45.0 Å². The Hall–Kier alpha value is -2.56. The second-order valence-electron chi connectivity index (χ2n) is 8.68. The number of piperidine rings is 1. The molecular formula is C25H31N3O5S2. The minimum atomic E-state index is -3.68. The predicted molar refractivity (Wildman–Crippen MR) is 138 cm³/mol. The Kier molecular flexibility index (Phi) is 8.03. The number of sulfonamides is 1. The Morgan fingerprint density at radius 2 is 1.89 bits per heavy atom. The summed E-state index contributed by atoms with van der Waals surface area (Å²) in [5.74, 6) is -0.0603. The molecule has 0 bridgehead atoms. The molecule has 1 atom stereocenters. The topological polar surface area (TPSA) is 96.0 Å². The molecule has 0 aliphatic carbocycles. The van der Waals surface area contributed by atoms with Crippen LogP contribution in [0.4, 0.5) is 11.4 Å². The molecule has 1 saturated heterocycles. The molecule has 2 aromatic carbocycles. The zero-order valence-electron chi connectivity index (χ0n) is 20.0. The molecule has 2 aromatic rings. The summed E-state index contributed by atoms with van der Waals surface area (Å²) in [4.78, 5) is 28.5. The summed E-state index contributed by atoms with van der Waals surface area (Å²) in [5.41, 5.74) is 0.974. The third kappa shape index (κ3) is 5.82. The number of hydrogen-bond donors (Lipinski definition) is 1. The molecule has 2 heterocycles. The average molecular weight is 518 g/mol. The molecule has 0 aromatic heterocycles. The van der Waals surface area contributed by atoms with Gasteiger partial charge in [0.1, 0.15) is 12.3 Å². The smallest absolute Gasteiger partial charge is 0.244 e. The van der Waals surface area contributed by atoms with E-state index in [1.165, 1.54) is 21.0 Å². The van der Waals surface area contributed by atoms with Crippen LogP contribution in [0.25, 0.3) is 0 Å². The Balaban J connectivity index is 1.63. The highest BCUT2D eigenvalue weighted by Crippen LogP contribution is 2.40. The van der Waals surface area contributed by atoms with E-state index in [0.29, 0.717) is 36.8 Å². The van der Waals surface area contributed by atoms with Gasteiger partial charge >= 0.3 is 0 Å². The lowest BCUT2D eigenvalue weighted by Crippen LogP contribution is -2.39. The number of hydrogen-bond acceptors (Lipinski definition) is 6. The molecule has 35 heavy (non-hydrogen) atoms. The zero-order chi connectivity index (χ0) is 25.0. The minimum absolute atomic E-state index is 0.00227. The van der Waals surface area contributed by atoms with Gasteiger partial charge in [-0.2, -0.15) is 4.31 Å². The van der Waals surface area contributed by atoms with Crippen molar-refractivity contribution < 1.29 is 22.7 Å². The fraction of sp³-hybridized carbons (Fsp3) is 0.440. The van der Waals surface area contributed by atoms with E-state index in [4.69, 9.17) is 4.74 Å². The Labute approximate surface area is 211 Å². The summed E-state index contributed by atoms with van der Waals surface area (Å²) >= 11 is 1.51. The van der Waals surface area contributed by atoms with E-state index >= 15 is 0 Å². The second-order valence-corrected chi connectivity index (χ2v) is 12.1. The number of nitrogens with one attached hydrogen (secondary N) is 1. The lowest BCUT2D eigenvalue weighted by molar-refractivity contribution is -0.121. The molecule has 10 heteroatoms. The molecule has 0 saturated carbocycles. The number of rotatable bonds is 7. The van der Waals surface area contributed by atoms with Crippen molar-refractivity contribution in [1.29, 1.82) is 0 Å². The standard InChI is InChI=1S/C25H31N3O5S2/c1-3-33-22-10-6-5-9-20(22)26-24(29)17-28-21-16-19(35(31,32)27-13-7-4-8-14-27)11-12-23(21)34-18(2)15-25(28)30/h5-6,9-12,16,18H,3-4,7-8,13-15,17H2,1-2H3,(H,26,29)/t18-/m0/s1. The molecule has 8 nitrogen and oxygen atoms in total. The van der Waals surface area contributed by atoms with E-state index in [1.54, 1.807) is 36.4 Å². The minimum Gasteiger partial charge on any atom is -0.492 e. The van der Waals surface area contributed by atoms with Gasteiger partial charge in [0.2, 0.25) is 21.8 Å². The van der Waals surface area contributed by atoms with Gasteiger partial charge in [-0.3, -0.25) is 9.59 Å². The van der Waals surface area contributed by atoms with Crippen LogP contribution in [0.3, 0.4) is 0 Å². The molecular weight excluding hydrogens is 486 g/mol. The molecule has 0 radical (unpaired) electrons. The maximum atomic E-state index is 13.3. The van der Waals surface area contributed by atoms with E-state index in [2.05, 4.69) is 5.32 Å². The largest absolute Gasteiger partial charge is 0.492 e. The number of carbonyl (C=O) groups is 2. The summed E-state index contributed by atoms with van der Waals surface area (Å²) in [6, 6.07) is 12.0. The first-order chi connectivity index (χ1) is 16.8. The van der Waals surface area contributed by atoms with Crippen LogP contribution in [-0.2, 0) is 19.6 Å². The summed E-state index contributed by atoms with van der Waals surface area (Å²) < 4.78 is 33.7. The van der Waals surface area contributed by atoms with Crippen molar-refractivity contribution in [3.8, 4) is 5.75 Å². The van der Waals surface area contributed by atoms with Gasteiger partial charge in [-0.25, -0.2) is 8.42 Å². The van der Waals surface area contributed by atoms with Crippen LogP contribution >= 0.6 is 11.8 Å². The van der Waals surface area contributed by atoms with Crippen molar-refractivity contribution in [2.45, 2.75) is 54.6 Å². The summed E-state index contributed by atoms with van der Waals surface area (Å²) in [6.45, 7) is 5.03. The number of nitrogens with zero attached hydrogens (tertiary/aromatic N) is 2. The van der Waals surface area contributed by atoms with Gasteiger partial charge in [-0.05, 0) is 50.1 Å². The first-order valence-corrected chi connectivity index (χ1v) is 14.2. The van der Waals surface area contributed by atoms with Crippen molar-refractivity contribution in [3.63, 3.8) is 0 Å². The molecule has 0 unspecified atom stereocenters. The van der Waals surface area contributed by atoms with Gasteiger partial charge in [0, 0.05) is 29.7 Å². The fourth-order valence-corrected chi connectivity index (χ4v) is 6.96. The molecule has 1 fully saturated rings. The van der Waals surface area contributed by atoms with Crippen LogP contribution in [0.1, 0.15) is 39.5 Å². The first kappa shape index (κ1) is 25.5. The second kappa shape index (κ2) is 11.0. The maximum absolute atomic E-state index is 13.3. The summed E-state index contributed by atoms with van der Waals surface area (Å²) in [6.07, 6.45) is 2.95.